The molecule has 1 heterocycles. The van der Waals surface area contributed by atoms with Crippen LogP contribution in [0, 0.1) is 0 Å². The first kappa shape index (κ1) is 10.5. The fraction of sp³-hybridized carbons (Fsp3) is 0.750. The molecule has 1 atom stereocenters. The molecule has 0 saturated carbocycles. The van der Waals surface area contributed by atoms with Gasteiger partial charge < -0.3 is 9.84 Å². The Morgan fingerprint density at radius 2 is 2.38 bits per heavy atom. The fourth-order valence-corrected chi connectivity index (χ4v) is 1.92. The molecule has 0 aromatic rings. The molecule has 0 aromatic carbocycles. The molecule has 0 amide bonds. The highest BCUT2D eigenvalue weighted by atomic mass is 32.2. The lowest BCUT2D eigenvalue weighted by Gasteiger charge is -2.18. The zero-order valence-electron chi connectivity index (χ0n) is 7.56. The molecule has 1 unspecified atom stereocenters. The third-order valence-electron chi connectivity index (χ3n) is 1.75. The van der Waals surface area contributed by atoms with Gasteiger partial charge in [-0.2, -0.15) is 0 Å². The van der Waals surface area contributed by atoms with Gasteiger partial charge in [-0.3, -0.25) is 0 Å². The van der Waals surface area contributed by atoms with Gasteiger partial charge in [0, 0.05) is 6.26 Å². The molecule has 1 aliphatic heterocycles. The zero-order chi connectivity index (χ0) is 9.90. The van der Waals surface area contributed by atoms with Crippen molar-refractivity contribution < 1.29 is 18.3 Å². The van der Waals surface area contributed by atoms with Gasteiger partial charge in [0.15, 0.2) is 0 Å². The van der Waals surface area contributed by atoms with E-state index >= 15 is 0 Å². The van der Waals surface area contributed by atoms with E-state index in [2.05, 4.69) is 0 Å². The summed E-state index contributed by atoms with van der Waals surface area (Å²) < 4.78 is 26.8. The van der Waals surface area contributed by atoms with Gasteiger partial charge in [0.05, 0.1) is 12.4 Å². The molecular weight excluding hydrogens is 192 g/mol. The molecule has 4 nitrogen and oxygen atoms in total. The molecule has 0 bridgehead atoms. The Hall–Kier alpha value is -0.550. The zero-order valence-corrected chi connectivity index (χ0v) is 8.38. The van der Waals surface area contributed by atoms with E-state index in [1.165, 1.54) is 0 Å². The largest absolute Gasteiger partial charge is 0.495 e. The Balaban J connectivity index is 2.57. The Kier molecular flexibility index (Phi) is 3.33. The maximum absolute atomic E-state index is 10.8. The van der Waals surface area contributed by atoms with Crippen molar-refractivity contribution in [2.24, 2.45) is 0 Å². The van der Waals surface area contributed by atoms with Crippen LogP contribution in [0.4, 0.5) is 0 Å². The molecule has 0 saturated heterocycles. The van der Waals surface area contributed by atoms with E-state index < -0.39 is 15.9 Å². The summed E-state index contributed by atoms with van der Waals surface area (Å²) in [5.41, 5.74) is 0. The van der Waals surface area contributed by atoms with Gasteiger partial charge in [-0.05, 0) is 18.9 Å². The average Bonchev–Trinajstić information content (AvgIpc) is 2.03. The van der Waals surface area contributed by atoms with Crippen LogP contribution in [-0.2, 0) is 14.6 Å². The Labute approximate surface area is 78.1 Å². The van der Waals surface area contributed by atoms with E-state index in [-0.39, 0.29) is 5.75 Å². The van der Waals surface area contributed by atoms with Gasteiger partial charge in [0.1, 0.15) is 21.7 Å². The summed E-state index contributed by atoms with van der Waals surface area (Å²) in [6, 6.07) is 0. The van der Waals surface area contributed by atoms with Crippen LogP contribution >= 0.6 is 0 Å². The highest BCUT2D eigenvalue weighted by Gasteiger charge is 2.19. The van der Waals surface area contributed by atoms with E-state index in [1.54, 1.807) is 6.08 Å². The van der Waals surface area contributed by atoms with Crippen molar-refractivity contribution in [3.05, 3.63) is 11.8 Å². The normalized spacial score (nSPS) is 20.3. The summed E-state index contributed by atoms with van der Waals surface area (Å²) >= 11 is 0. The quantitative estimate of drug-likeness (QED) is 0.710. The molecule has 0 spiro atoms. The van der Waals surface area contributed by atoms with Crippen LogP contribution in [0.1, 0.15) is 12.8 Å². The molecular formula is C8H14O4S. The number of allylic oxidation sites excluding steroid dienone is 1. The third-order valence-corrected chi connectivity index (χ3v) is 2.67. The van der Waals surface area contributed by atoms with Crippen molar-refractivity contribution in [2.45, 2.75) is 18.9 Å². The van der Waals surface area contributed by atoms with Crippen LogP contribution in [0.5, 0.6) is 0 Å². The maximum atomic E-state index is 10.8. The van der Waals surface area contributed by atoms with Crippen molar-refractivity contribution in [3.8, 4) is 0 Å². The summed E-state index contributed by atoms with van der Waals surface area (Å²) in [5, 5.41) is 9.44. The predicted octanol–water partition coefficient (Wildman–Crippen LogP) is 0.0862. The van der Waals surface area contributed by atoms with Gasteiger partial charge in [0.25, 0.3) is 0 Å². The summed E-state index contributed by atoms with van der Waals surface area (Å²) in [7, 11) is -3.14. The molecule has 0 fully saturated rings. The number of rotatable bonds is 3. The van der Waals surface area contributed by atoms with Crippen molar-refractivity contribution in [1.29, 1.82) is 0 Å². The SMILES string of the molecule is CS(=O)(=O)CC(O)C1=CCCCO1. The van der Waals surface area contributed by atoms with Crippen LogP contribution in [0.3, 0.4) is 0 Å². The van der Waals surface area contributed by atoms with Crippen molar-refractivity contribution in [3.63, 3.8) is 0 Å². The molecule has 5 heteroatoms. The first-order valence-corrected chi connectivity index (χ1v) is 6.24. The Morgan fingerprint density at radius 1 is 1.69 bits per heavy atom. The fourth-order valence-electron chi connectivity index (χ4n) is 1.18. The van der Waals surface area contributed by atoms with E-state index in [0.717, 1.165) is 19.1 Å². The lowest BCUT2D eigenvalue weighted by molar-refractivity contribution is 0.103. The van der Waals surface area contributed by atoms with E-state index in [1.807, 2.05) is 0 Å². The lowest BCUT2D eigenvalue weighted by atomic mass is 10.2. The second-order valence-corrected chi connectivity index (χ2v) is 5.39. The van der Waals surface area contributed by atoms with Gasteiger partial charge in [-0.15, -0.1) is 0 Å². The molecule has 13 heavy (non-hydrogen) atoms. The molecule has 1 aliphatic rings. The maximum Gasteiger partial charge on any atom is 0.150 e. The summed E-state index contributed by atoms with van der Waals surface area (Å²) in [4.78, 5) is 0. The first-order chi connectivity index (χ1) is 5.99. The third kappa shape index (κ3) is 3.78. The lowest BCUT2D eigenvalue weighted by Crippen LogP contribution is -2.24. The van der Waals surface area contributed by atoms with Crippen LogP contribution in [-0.4, -0.2) is 38.2 Å². The van der Waals surface area contributed by atoms with Crippen LogP contribution in [0.25, 0.3) is 0 Å². The van der Waals surface area contributed by atoms with E-state index in [0.29, 0.717) is 12.4 Å². The van der Waals surface area contributed by atoms with Crippen molar-refractivity contribution in [1.82, 2.24) is 0 Å². The standard InChI is InChI=1S/C8H14O4S/c1-13(10,11)6-7(9)8-4-2-3-5-12-8/h4,7,9H,2-3,5-6H2,1H3. The number of sulfone groups is 1. The second-order valence-electron chi connectivity index (χ2n) is 3.21. The van der Waals surface area contributed by atoms with Gasteiger partial charge in [-0.25, -0.2) is 8.42 Å². The van der Waals surface area contributed by atoms with E-state index in [4.69, 9.17) is 4.74 Å². The predicted molar refractivity (Wildman–Crippen MR) is 49.0 cm³/mol. The Morgan fingerprint density at radius 3 is 2.85 bits per heavy atom. The number of aliphatic hydroxyl groups is 1. The Bertz CT molecular complexity index is 291. The molecule has 0 aromatic heterocycles. The molecule has 1 N–H and O–H groups in total. The molecule has 1 rings (SSSR count). The summed E-state index contributed by atoms with van der Waals surface area (Å²) in [6.45, 7) is 0.562. The monoisotopic (exact) mass is 206 g/mol. The van der Waals surface area contributed by atoms with Gasteiger partial charge in [0.2, 0.25) is 0 Å². The van der Waals surface area contributed by atoms with E-state index in [9.17, 15) is 13.5 Å². The van der Waals surface area contributed by atoms with Gasteiger partial charge in [-0.1, -0.05) is 0 Å². The highest BCUT2D eigenvalue weighted by Crippen LogP contribution is 2.14. The highest BCUT2D eigenvalue weighted by molar-refractivity contribution is 7.90. The summed E-state index contributed by atoms with van der Waals surface area (Å²) in [6.07, 6.45) is 3.61. The number of aliphatic hydroxyl groups excluding tert-OH is 1. The van der Waals surface area contributed by atoms with Crippen LogP contribution in [0.2, 0.25) is 0 Å². The molecule has 0 aliphatic carbocycles. The number of ether oxygens (including phenoxy) is 1. The molecule has 0 radical (unpaired) electrons. The first-order valence-electron chi connectivity index (χ1n) is 4.18. The number of hydrogen-bond donors (Lipinski definition) is 1. The minimum atomic E-state index is -3.14. The molecule has 76 valence electrons. The minimum Gasteiger partial charge on any atom is -0.495 e. The smallest absolute Gasteiger partial charge is 0.150 e. The van der Waals surface area contributed by atoms with Crippen LogP contribution < -0.4 is 0 Å². The summed E-state index contributed by atoms with van der Waals surface area (Å²) in [5.74, 6) is 0.135. The average molecular weight is 206 g/mol. The topological polar surface area (TPSA) is 63.6 Å². The second kappa shape index (κ2) is 4.11. The van der Waals surface area contributed by atoms with Crippen molar-refractivity contribution in [2.75, 3.05) is 18.6 Å². The minimum absolute atomic E-state index is 0.265. The van der Waals surface area contributed by atoms with Crippen molar-refractivity contribution >= 4 is 9.84 Å². The van der Waals surface area contributed by atoms with Crippen LogP contribution in [0.15, 0.2) is 11.8 Å². The van der Waals surface area contributed by atoms with Gasteiger partial charge >= 0.3 is 0 Å². The number of hydrogen-bond acceptors (Lipinski definition) is 4.